The number of anilines is 1. The van der Waals surface area contributed by atoms with Gasteiger partial charge >= 0.3 is 0 Å². The second-order valence-corrected chi connectivity index (χ2v) is 5.04. The summed E-state index contributed by atoms with van der Waals surface area (Å²) in [6.07, 6.45) is 1.16. The molecule has 1 aromatic carbocycles. The van der Waals surface area contributed by atoms with E-state index in [0.717, 1.165) is 0 Å². The minimum Gasteiger partial charge on any atom is -0.388 e. The lowest BCUT2D eigenvalue weighted by Crippen LogP contribution is -2.46. The van der Waals surface area contributed by atoms with Crippen LogP contribution in [-0.4, -0.2) is 28.7 Å². The number of nitrogens with zero attached hydrogens (tertiary/aromatic N) is 2. The van der Waals surface area contributed by atoms with Crippen molar-refractivity contribution in [3.63, 3.8) is 0 Å². The highest BCUT2D eigenvalue weighted by Gasteiger charge is 2.31. The first-order valence-corrected chi connectivity index (χ1v) is 5.91. The first-order chi connectivity index (χ1) is 8.80. The molecule has 1 heterocycles. The number of rotatable bonds is 2. The third-order valence-corrected chi connectivity index (χ3v) is 3.20. The third-order valence-electron chi connectivity index (χ3n) is 3.20. The first-order valence-electron chi connectivity index (χ1n) is 5.91. The molecule has 0 spiro atoms. The zero-order valence-electron chi connectivity index (χ0n) is 10.4. The van der Waals surface area contributed by atoms with Crippen molar-refractivity contribution in [2.24, 2.45) is 0 Å². The fraction of sp³-hybridized carbons (Fsp3) is 0.500. The molecule has 0 bridgehead atoms. The number of benzene rings is 1. The van der Waals surface area contributed by atoms with E-state index in [9.17, 15) is 24.0 Å². The van der Waals surface area contributed by atoms with Crippen molar-refractivity contribution in [2.75, 3.05) is 18.0 Å². The third kappa shape index (κ3) is 2.81. The molecule has 0 amide bonds. The summed E-state index contributed by atoms with van der Waals surface area (Å²) in [5.41, 5.74) is -1.95. The number of hydrogen-bond donors (Lipinski definition) is 1. The van der Waals surface area contributed by atoms with Gasteiger partial charge in [0.05, 0.1) is 22.7 Å². The van der Waals surface area contributed by atoms with Gasteiger partial charge in [0, 0.05) is 13.1 Å². The van der Waals surface area contributed by atoms with Crippen molar-refractivity contribution < 1.29 is 18.8 Å². The van der Waals surface area contributed by atoms with Crippen molar-refractivity contribution >= 4 is 11.4 Å². The molecule has 1 aliphatic rings. The summed E-state index contributed by atoms with van der Waals surface area (Å²) in [6.45, 7) is 2.10. The Kier molecular flexibility index (Phi) is 3.40. The van der Waals surface area contributed by atoms with E-state index in [-0.39, 0.29) is 12.2 Å². The van der Waals surface area contributed by atoms with E-state index >= 15 is 0 Å². The van der Waals surface area contributed by atoms with Gasteiger partial charge in [-0.05, 0) is 19.8 Å². The first kappa shape index (κ1) is 13.7. The Labute approximate surface area is 108 Å². The van der Waals surface area contributed by atoms with Crippen LogP contribution in [0.2, 0.25) is 0 Å². The molecule has 1 fully saturated rings. The number of β-amino-alcohol motifs (C(OH)–C–C–N with tert-alkyl or cyclic N) is 1. The number of nitro groups is 1. The molecule has 1 unspecified atom stereocenters. The molecule has 0 radical (unpaired) electrons. The second kappa shape index (κ2) is 4.73. The molecule has 1 saturated heterocycles. The summed E-state index contributed by atoms with van der Waals surface area (Å²) < 4.78 is 27.7. The van der Waals surface area contributed by atoms with E-state index in [1.54, 1.807) is 6.92 Å². The number of halogens is 2. The number of nitro benzene ring substituents is 1. The van der Waals surface area contributed by atoms with Gasteiger partial charge in [0.15, 0.2) is 11.6 Å². The monoisotopic (exact) mass is 272 g/mol. The lowest BCUT2D eigenvalue weighted by atomic mass is 9.94. The van der Waals surface area contributed by atoms with Crippen molar-refractivity contribution in [1.82, 2.24) is 0 Å². The van der Waals surface area contributed by atoms with Gasteiger partial charge in [0.2, 0.25) is 0 Å². The molecule has 0 aromatic heterocycles. The van der Waals surface area contributed by atoms with E-state index in [1.165, 1.54) is 4.90 Å². The summed E-state index contributed by atoms with van der Waals surface area (Å²) in [5, 5.41) is 20.5. The Morgan fingerprint density at radius 3 is 2.47 bits per heavy atom. The van der Waals surface area contributed by atoms with Crippen LogP contribution < -0.4 is 4.90 Å². The smallest absolute Gasteiger partial charge is 0.275 e. The van der Waals surface area contributed by atoms with Gasteiger partial charge < -0.3 is 10.0 Å². The lowest BCUT2D eigenvalue weighted by molar-refractivity contribution is -0.385. The molecular weight excluding hydrogens is 258 g/mol. The SMILES string of the molecule is CC1(O)CCCN(c2c(F)cc([N+](=O)[O-])cc2F)C1. The van der Waals surface area contributed by atoms with Crippen LogP contribution in [0.15, 0.2) is 12.1 Å². The van der Waals surface area contributed by atoms with Crippen LogP contribution >= 0.6 is 0 Å². The topological polar surface area (TPSA) is 66.6 Å². The quantitative estimate of drug-likeness (QED) is 0.662. The minimum atomic E-state index is -1.01. The number of non-ortho nitro benzene ring substituents is 1. The Bertz CT molecular complexity index is 497. The average Bonchev–Trinajstić information content (AvgIpc) is 2.26. The molecule has 7 heteroatoms. The molecule has 2 rings (SSSR count). The second-order valence-electron chi connectivity index (χ2n) is 5.04. The van der Waals surface area contributed by atoms with Crippen LogP contribution in [-0.2, 0) is 0 Å². The van der Waals surface area contributed by atoms with Crippen LogP contribution in [0, 0.1) is 21.7 Å². The highest BCUT2D eigenvalue weighted by molar-refractivity contribution is 5.54. The zero-order chi connectivity index (χ0) is 14.2. The summed E-state index contributed by atoms with van der Waals surface area (Å²) in [5.74, 6) is -1.96. The van der Waals surface area contributed by atoms with Crippen molar-refractivity contribution in [3.8, 4) is 0 Å². The Morgan fingerprint density at radius 2 is 2.00 bits per heavy atom. The van der Waals surface area contributed by atoms with Gasteiger partial charge in [-0.1, -0.05) is 0 Å². The van der Waals surface area contributed by atoms with E-state index < -0.39 is 27.8 Å². The molecule has 1 atom stereocenters. The van der Waals surface area contributed by atoms with Gasteiger partial charge in [-0.3, -0.25) is 10.1 Å². The Balaban J connectivity index is 2.37. The highest BCUT2D eigenvalue weighted by atomic mass is 19.1. The largest absolute Gasteiger partial charge is 0.388 e. The Morgan fingerprint density at radius 1 is 1.42 bits per heavy atom. The predicted molar refractivity (Wildman–Crippen MR) is 65.1 cm³/mol. The van der Waals surface area contributed by atoms with Crippen LogP contribution in [0.1, 0.15) is 19.8 Å². The van der Waals surface area contributed by atoms with Crippen molar-refractivity contribution in [2.45, 2.75) is 25.4 Å². The van der Waals surface area contributed by atoms with E-state index in [2.05, 4.69) is 0 Å². The van der Waals surface area contributed by atoms with Gasteiger partial charge in [-0.15, -0.1) is 0 Å². The molecular formula is C12H14F2N2O3. The summed E-state index contributed by atoms with van der Waals surface area (Å²) >= 11 is 0. The van der Waals surface area contributed by atoms with Crippen LogP contribution in [0.5, 0.6) is 0 Å². The lowest BCUT2D eigenvalue weighted by Gasteiger charge is -2.38. The van der Waals surface area contributed by atoms with E-state index in [4.69, 9.17) is 0 Å². The maximum atomic E-state index is 13.8. The van der Waals surface area contributed by atoms with E-state index in [1.807, 2.05) is 0 Å². The summed E-state index contributed by atoms with van der Waals surface area (Å²) in [7, 11) is 0. The molecule has 0 saturated carbocycles. The zero-order valence-corrected chi connectivity index (χ0v) is 10.4. The standard InChI is InChI=1S/C12H14F2N2O3/c1-12(17)3-2-4-15(7-12)11-9(13)5-8(16(18)19)6-10(11)14/h5-6,17H,2-4,7H2,1H3. The van der Waals surface area contributed by atoms with Gasteiger partial charge in [-0.2, -0.15) is 0 Å². The normalized spacial score (nSPS) is 23.5. The van der Waals surface area contributed by atoms with Gasteiger partial charge in [0.1, 0.15) is 5.69 Å². The van der Waals surface area contributed by atoms with E-state index in [0.29, 0.717) is 31.5 Å². The number of aliphatic hydroxyl groups is 1. The van der Waals surface area contributed by atoms with Crippen LogP contribution in [0.4, 0.5) is 20.2 Å². The molecule has 1 aliphatic heterocycles. The molecule has 0 aliphatic carbocycles. The predicted octanol–water partition coefficient (Wildman–Crippen LogP) is 2.22. The molecule has 104 valence electrons. The van der Waals surface area contributed by atoms with Gasteiger partial charge in [0.25, 0.3) is 5.69 Å². The minimum absolute atomic E-state index is 0.0959. The fourth-order valence-corrected chi connectivity index (χ4v) is 2.37. The van der Waals surface area contributed by atoms with Gasteiger partial charge in [-0.25, -0.2) is 8.78 Å². The molecule has 19 heavy (non-hydrogen) atoms. The highest BCUT2D eigenvalue weighted by Crippen LogP contribution is 2.32. The maximum absolute atomic E-state index is 13.8. The van der Waals surface area contributed by atoms with Crippen LogP contribution in [0.25, 0.3) is 0 Å². The number of piperidine rings is 1. The fourth-order valence-electron chi connectivity index (χ4n) is 2.37. The maximum Gasteiger partial charge on any atom is 0.275 e. The summed E-state index contributed by atoms with van der Waals surface area (Å²) in [6, 6.07) is 1.39. The van der Waals surface area contributed by atoms with Crippen LogP contribution in [0.3, 0.4) is 0 Å². The Hall–Kier alpha value is -1.76. The molecule has 1 aromatic rings. The number of hydrogen-bond acceptors (Lipinski definition) is 4. The van der Waals surface area contributed by atoms with Crippen molar-refractivity contribution in [1.29, 1.82) is 0 Å². The molecule has 5 nitrogen and oxygen atoms in total. The van der Waals surface area contributed by atoms with Crippen molar-refractivity contribution in [3.05, 3.63) is 33.9 Å². The molecule has 1 N–H and O–H groups in total. The average molecular weight is 272 g/mol. The summed E-state index contributed by atoms with van der Waals surface area (Å²) in [4.78, 5) is 11.1.